The number of halogens is 1. The molecule has 1 aromatic carbocycles. The summed E-state index contributed by atoms with van der Waals surface area (Å²) >= 11 is 0. The third-order valence-corrected chi connectivity index (χ3v) is 4.85. The van der Waals surface area contributed by atoms with Gasteiger partial charge in [-0.2, -0.15) is 0 Å². The van der Waals surface area contributed by atoms with E-state index < -0.39 is 11.9 Å². The fourth-order valence-corrected chi connectivity index (χ4v) is 3.46. The number of rotatable bonds is 3. The van der Waals surface area contributed by atoms with Crippen LogP contribution >= 0.6 is 0 Å². The Balaban J connectivity index is 1.78. The van der Waals surface area contributed by atoms with Crippen LogP contribution in [0, 0.1) is 5.82 Å². The molecule has 2 aromatic heterocycles. The minimum absolute atomic E-state index is 0.0699. The smallest absolute Gasteiger partial charge is 0.157 e. The summed E-state index contributed by atoms with van der Waals surface area (Å²) in [6, 6.07) is 5.53. The molecule has 6 nitrogen and oxygen atoms in total. The van der Waals surface area contributed by atoms with Crippen LogP contribution in [0.2, 0.25) is 0 Å². The second-order valence-electron chi connectivity index (χ2n) is 6.58. The van der Waals surface area contributed by atoms with E-state index in [0.29, 0.717) is 22.5 Å². The van der Waals surface area contributed by atoms with E-state index in [-0.39, 0.29) is 11.8 Å². The number of anilines is 1. The lowest BCUT2D eigenvalue weighted by molar-refractivity contribution is 0.116. The highest BCUT2D eigenvalue weighted by molar-refractivity contribution is 6.00. The number of aromatic hydroxyl groups is 1. The topological polar surface area (TPSA) is 91.2 Å². The molecule has 7 heteroatoms. The largest absolute Gasteiger partial charge is 0.507 e. The third kappa shape index (κ3) is 3.06. The van der Waals surface area contributed by atoms with E-state index in [1.54, 1.807) is 12.4 Å². The molecule has 2 heterocycles. The van der Waals surface area contributed by atoms with Crippen LogP contribution < -0.4 is 5.32 Å². The van der Waals surface area contributed by atoms with Crippen LogP contribution in [0.15, 0.2) is 36.7 Å². The number of hydrogen-bond acceptors (Lipinski definition) is 6. The molecule has 1 fully saturated rings. The van der Waals surface area contributed by atoms with Gasteiger partial charge in [-0.05, 0) is 31.0 Å². The maximum atomic E-state index is 13.3. The summed E-state index contributed by atoms with van der Waals surface area (Å²) in [6.07, 6.45) is 6.61. The fraction of sp³-hybridized carbons (Fsp3) is 0.316. The van der Waals surface area contributed by atoms with Crippen molar-refractivity contribution in [2.24, 2.45) is 0 Å². The number of pyridine rings is 1. The van der Waals surface area contributed by atoms with E-state index in [1.807, 2.05) is 6.07 Å². The number of nitrogens with one attached hydrogen (secondary N) is 1. The Morgan fingerprint density at radius 3 is 2.73 bits per heavy atom. The van der Waals surface area contributed by atoms with Crippen LogP contribution in [0.25, 0.3) is 22.0 Å². The van der Waals surface area contributed by atoms with Crippen molar-refractivity contribution in [2.45, 2.75) is 37.8 Å². The molecule has 0 spiro atoms. The van der Waals surface area contributed by atoms with Crippen LogP contribution in [0.5, 0.6) is 5.75 Å². The normalized spacial score (nSPS) is 20.2. The van der Waals surface area contributed by atoms with Crippen LogP contribution in [0.1, 0.15) is 25.7 Å². The van der Waals surface area contributed by atoms with E-state index in [2.05, 4.69) is 20.5 Å². The maximum Gasteiger partial charge on any atom is 0.157 e. The summed E-state index contributed by atoms with van der Waals surface area (Å²) in [6.45, 7) is 0. The van der Waals surface area contributed by atoms with Gasteiger partial charge in [-0.15, -0.1) is 10.2 Å². The van der Waals surface area contributed by atoms with Gasteiger partial charge in [0.25, 0.3) is 0 Å². The van der Waals surface area contributed by atoms with Crippen molar-refractivity contribution in [3.63, 3.8) is 0 Å². The number of fused-ring (bicyclic) bond motifs is 1. The number of aliphatic hydroxyl groups excluding tert-OH is 1. The number of benzene rings is 1. The van der Waals surface area contributed by atoms with Crippen molar-refractivity contribution in [3.05, 3.63) is 42.5 Å². The Bertz CT molecular complexity index is 950. The zero-order valence-electron chi connectivity index (χ0n) is 14.1. The van der Waals surface area contributed by atoms with Gasteiger partial charge < -0.3 is 15.5 Å². The monoisotopic (exact) mass is 354 g/mol. The zero-order valence-corrected chi connectivity index (χ0v) is 14.1. The van der Waals surface area contributed by atoms with Gasteiger partial charge in [-0.1, -0.05) is 12.8 Å². The molecule has 0 aliphatic heterocycles. The van der Waals surface area contributed by atoms with Gasteiger partial charge in [0.05, 0.1) is 12.1 Å². The number of nitrogens with zero attached hydrogens (tertiary/aromatic N) is 3. The van der Waals surface area contributed by atoms with E-state index >= 15 is 0 Å². The average Bonchev–Trinajstić information content (AvgIpc) is 2.64. The van der Waals surface area contributed by atoms with Crippen molar-refractivity contribution in [1.29, 1.82) is 0 Å². The summed E-state index contributed by atoms with van der Waals surface area (Å²) in [5.41, 5.74) is 0.821. The second-order valence-corrected chi connectivity index (χ2v) is 6.58. The first-order valence-electron chi connectivity index (χ1n) is 8.67. The quantitative estimate of drug-likeness (QED) is 0.669. The fourth-order valence-electron chi connectivity index (χ4n) is 3.46. The van der Waals surface area contributed by atoms with Crippen molar-refractivity contribution in [1.82, 2.24) is 15.2 Å². The van der Waals surface area contributed by atoms with Gasteiger partial charge in [0, 0.05) is 34.8 Å². The van der Waals surface area contributed by atoms with E-state index in [9.17, 15) is 14.6 Å². The molecule has 0 amide bonds. The molecule has 1 aliphatic carbocycles. The Morgan fingerprint density at radius 2 is 1.92 bits per heavy atom. The number of phenols is 1. The molecule has 3 aromatic rings. The minimum atomic E-state index is -0.522. The summed E-state index contributed by atoms with van der Waals surface area (Å²) in [5.74, 6) is -0.155. The molecule has 1 saturated carbocycles. The van der Waals surface area contributed by atoms with Crippen molar-refractivity contribution in [3.8, 4) is 17.0 Å². The van der Waals surface area contributed by atoms with Gasteiger partial charge in [-0.25, -0.2) is 4.39 Å². The highest BCUT2D eigenvalue weighted by atomic mass is 19.1. The Hall–Kier alpha value is -2.80. The van der Waals surface area contributed by atoms with Crippen LogP contribution in [0.4, 0.5) is 10.2 Å². The van der Waals surface area contributed by atoms with Gasteiger partial charge in [-0.3, -0.25) is 4.98 Å². The first-order chi connectivity index (χ1) is 12.6. The van der Waals surface area contributed by atoms with E-state index in [4.69, 9.17) is 0 Å². The summed E-state index contributed by atoms with van der Waals surface area (Å²) in [5, 5.41) is 33.6. The number of phenolic OH excluding ortho intramolecular Hbond substituents is 1. The van der Waals surface area contributed by atoms with Gasteiger partial charge in [0.2, 0.25) is 0 Å². The number of aromatic nitrogens is 3. The lowest BCUT2D eigenvalue weighted by Crippen LogP contribution is -2.36. The molecule has 134 valence electrons. The number of hydrogen-bond donors (Lipinski definition) is 3. The Morgan fingerprint density at radius 1 is 1.08 bits per heavy atom. The Labute approximate surface area is 149 Å². The number of aliphatic hydroxyl groups is 1. The second kappa shape index (κ2) is 6.84. The van der Waals surface area contributed by atoms with Gasteiger partial charge in [0.1, 0.15) is 17.3 Å². The van der Waals surface area contributed by atoms with Crippen molar-refractivity contribution in [2.75, 3.05) is 5.32 Å². The summed E-state index contributed by atoms with van der Waals surface area (Å²) in [4.78, 5) is 4.15. The SMILES string of the molecule is Oc1cc(F)ccc1-c1nnc(N[C@@H]2CCCC[C@H]2O)c2ccncc12. The van der Waals surface area contributed by atoms with Gasteiger partial charge in [0.15, 0.2) is 5.82 Å². The summed E-state index contributed by atoms with van der Waals surface area (Å²) < 4.78 is 13.3. The molecule has 0 saturated heterocycles. The minimum Gasteiger partial charge on any atom is -0.507 e. The molecule has 26 heavy (non-hydrogen) atoms. The van der Waals surface area contributed by atoms with Crippen LogP contribution in [-0.4, -0.2) is 37.5 Å². The maximum absolute atomic E-state index is 13.3. The van der Waals surface area contributed by atoms with Gasteiger partial charge >= 0.3 is 0 Å². The molecular formula is C19H19FN4O2. The van der Waals surface area contributed by atoms with Crippen LogP contribution in [0.3, 0.4) is 0 Å². The molecule has 0 bridgehead atoms. The third-order valence-electron chi connectivity index (χ3n) is 4.85. The standard InChI is InChI=1S/C19H19FN4O2/c20-11-5-6-13(17(26)9-11)18-14-10-21-8-7-12(14)19(24-23-18)22-15-3-1-2-4-16(15)25/h5-10,15-16,25-26H,1-4H2,(H,22,24)/t15-,16-/m1/s1. The molecule has 0 radical (unpaired) electrons. The molecular weight excluding hydrogens is 335 g/mol. The lowest BCUT2D eigenvalue weighted by atomic mass is 9.92. The molecule has 4 rings (SSSR count). The predicted molar refractivity (Wildman–Crippen MR) is 96.3 cm³/mol. The highest BCUT2D eigenvalue weighted by Gasteiger charge is 2.24. The highest BCUT2D eigenvalue weighted by Crippen LogP contribution is 2.35. The first kappa shape index (κ1) is 16.7. The predicted octanol–water partition coefficient (Wildman–Crippen LogP) is 3.25. The molecule has 0 unspecified atom stereocenters. The molecule has 1 aliphatic rings. The zero-order chi connectivity index (χ0) is 18.1. The molecule has 3 N–H and O–H groups in total. The lowest BCUT2D eigenvalue weighted by Gasteiger charge is -2.29. The van der Waals surface area contributed by atoms with Crippen LogP contribution in [-0.2, 0) is 0 Å². The van der Waals surface area contributed by atoms with E-state index in [0.717, 1.165) is 37.1 Å². The Kier molecular flexibility index (Phi) is 4.38. The summed E-state index contributed by atoms with van der Waals surface area (Å²) in [7, 11) is 0. The van der Waals surface area contributed by atoms with Crippen molar-refractivity contribution >= 4 is 16.6 Å². The van der Waals surface area contributed by atoms with E-state index in [1.165, 1.54) is 12.1 Å². The average molecular weight is 354 g/mol. The van der Waals surface area contributed by atoms with Crippen molar-refractivity contribution < 1.29 is 14.6 Å². The molecule has 2 atom stereocenters. The first-order valence-corrected chi connectivity index (χ1v) is 8.67.